The summed E-state index contributed by atoms with van der Waals surface area (Å²) in [6, 6.07) is 9.44. The van der Waals surface area contributed by atoms with E-state index in [4.69, 9.17) is 4.74 Å². The second-order valence-corrected chi connectivity index (χ2v) is 4.56. The van der Waals surface area contributed by atoms with Crippen molar-refractivity contribution in [3.05, 3.63) is 35.4 Å². The van der Waals surface area contributed by atoms with Crippen molar-refractivity contribution in [1.82, 2.24) is 4.90 Å². The summed E-state index contributed by atoms with van der Waals surface area (Å²) < 4.78 is 5.54. The molecule has 1 heterocycles. The Morgan fingerprint density at radius 3 is 2.69 bits per heavy atom. The Labute approximate surface area is 98.2 Å². The molecule has 1 atom stereocenters. The van der Waals surface area contributed by atoms with Crippen LogP contribution < -0.4 is 0 Å². The Kier molecular flexibility index (Phi) is 3.97. The van der Waals surface area contributed by atoms with Crippen molar-refractivity contribution in [3.63, 3.8) is 0 Å². The zero-order valence-corrected chi connectivity index (χ0v) is 10.3. The smallest absolute Gasteiger partial charge is 0.0664 e. The third kappa shape index (κ3) is 2.63. The highest BCUT2D eigenvalue weighted by Crippen LogP contribution is 2.22. The van der Waals surface area contributed by atoms with E-state index in [1.165, 1.54) is 24.0 Å². The number of rotatable bonds is 3. The van der Waals surface area contributed by atoms with Gasteiger partial charge in [0.2, 0.25) is 0 Å². The van der Waals surface area contributed by atoms with E-state index in [0.717, 1.165) is 19.8 Å². The number of benzene rings is 1. The van der Waals surface area contributed by atoms with Crippen molar-refractivity contribution in [2.45, 2.75) is 25.8 Å². The van der Waals surface area contributed by atoms with Crippen LogP contribution in [0, 0.1) is 0 Å². The Hall–Kier alpha value is -0.860. The van der Waals surface area contributed by atoms with E-state index >= 15 is 0 Å². The van der Waals surface area contributed by atoms with Crippen molar-refractivity contribution in [3.8, 4) is 0 Å². The van der Waals surface area contributed by atoms with Gasteiger partial charge in [0, 0.05) is 6.54 Å². The first-order valence-electron chi connectivity index (χ1n) is 6.18. The molecule has 2 nitrogen and oxygen atoms in total. The van der Waals surface area contributed by atoms with Crippen molar-refractivity contribution < 1.29 is 4.74 Å². The van der Waals surface area contributed by atoms with E-state index in [1.54, 1.807) is 0 Å². The third-order valence-electron chi connectivity index (χ3n) is 3.30. The van der Waals surface area contributed by atoms with Crippen molar-refractivity contribution in [2.75, 3.05) is 26.8 Å². The molecule has 16 heavy (non-hydrogen) atoms. The van der Waals surface area contributed by atoms with E-state index in [1.807, 2.05) is 0 Å². The van der Waals surface area contributed by atoms with E-state index in [2.05, 4.69) is 43.1 Å². The highest BCUT2D eigenvalue weighted by Gasteiger charge is 2.20. The van der Waals surface area contributed by atoms with Crippen LogP contribution in [0.3, 0.4) is 0 Å². The van der Waals surface area contributed by atoms with Gasteiger partial charge in [-0.15, -0.1) is 0 Å². The zero-order valence-electron chi connectivity index (χ0n) is 10.3. The van der Waals surface area contributed by atoms with Crippen molar-refractivity contribution >= 4 is 0 Å². The molecule has 1 aromatic rings. The first-order chi connectivity index (χ1) is 7.81. The molecular formula is C14H21NO. The molecule has 0 spiro atoms. The molecule has 1 unspecified atom stereocenters. The van der Waals surface area contributed by atoms with Crippen LogP contribution in [0.4, 0.5) is 0 Å². The minimum absolute atomic E-state index is 0.435. The van der Waals surface area contributed by atoms with Gasteiger partial charge in [-0.25, -0.2) is 0 Å². The molecule has 2 heteroatoms. The van der Waals surface area contributed by atoms with Gasteiger partial charge >= 0.3 is 0 Å². The lowest BCUT2D eigenvalue weighted by atomic mass is 10.0. The average molecular weight is 219 g/mol. The Morgan fingerprint density at radius 1 is 1.31 bits per heavy atom. The molecule has 1 aromatic carbocycles. The second kappa shape index (κ2) is 5.46. The zero-order chi connectivity index (χ0) is 11.4. The fourth-order valence-electron chi connectivity index (χ4n) is 2.23. The van der Waals surface area contributed by atoms with E-state index in [9.17, 15) is 0 Å². The number of hydrogen-bond donors (Lipinski definition) is 0. The lowest BCUT2D eigenvalue weighted by Gasteiger charge is -2.32. The van der Waals surface area contributed by atoms with Gasteiger partial charge in [0.25, 0.3) is 0 Å². The van der Waals surface area contributed by atoms with Crippen molar-refractivity contribution in [1.29, 1.82) is 0 Å². The van der Waals surface area contributed by atoms with Crippen LogP contribution in [-0.4, -0.2) is 31.7 Å². The Morgan fingerprint density at radius 2 is 2.06 bits per heavy atom. The summed E-state index contributed by atoms with van der Waals surface area (Å²) in [5, 5.41) is 0. The number of likely N-dealkylation sites (N-methyl/N-ethyl adjacent to an activating group) is 1. The summed E-state index contributed by atoms with van der Waals surface area (Å²) in [4.78, 5) is 2.37. The van der Waals surface area contributed by atoms with Crippen LogP contribution in [0.25, 0.3) is 0 Å². The van der Waals surface area contributed by atoms with Crippen LogP contribution >= 0.6 is 0 Å². The van der Waals surface area contributed by atoms with Gasteiger partial charge in [0.1, 0.15) is 0 Å². The van der Waals surface area contributed by atoms with Crippen LogP contribution in [-0.2, 0) is 11.2 Å². The second-order valence-electron chi connectivity index (χ2n) is 4.56. The summed E-state index contributed by atoms with van der Waals surface area (Å²) in [5.74, 6) is 0. The highest BCUT2D eigenvalue weighted by molar-refractivity contribution is 5.25. The number of ether oxygens (including phenoxy) is 1. The van der Waals surface area contributed by atoms with Gasteiger partial charge in [0.15, 0.2) is 0 Å². The summed E-state index contributed by atoms with van der Waals surface area (Å²) >= 11 is 0. The molecule has 1 aliphatic heterocycles. The fourth-order valence-corrected chi connectivity index (χ4v) is 2.23. The van der Waals surface area contributed by atoms with Crippen LogP contribution in [0.5, 0.6) is 0 Å². The number of hydrogen-bond acceptors (Lipinski definition) is 2. The molecule has 1 fully saturated rings. The monoisotopic (exact) mass is 219 g/mol. The molecule has 0 N–H and O–H groups in total. The largest absolute Gasteiger partial charge is 0.378 e. The summed E-state index contributed by atoms with van der Waals surface area (Å²) in [6.07, 6.45) is 2.39. The predicted molar refractivity (Wildman–Crippen MR) is 66.6 cm³/mol. The van der Waals surface area contributed by atoms with Crippen LogP contribution in [0.2, 0.25) is 0 Å². The first-order valence-corrected chi connectivity index (χ1v) is 6.18. The fraction of sp³-hybridized carbons (Fsp3) is 0.571. The predicted octanol–water partition coefficient (Wildman–Crippen LogP) is 2.64. The molecule has 2 rings (SSSR count). The molecule has 0 aliphatic carbocycles. The normalized spacial score (nSPS) is 22.2. The quantitative estimate of drug-likeness (QED) is 0.775. The topological polar surface area (TPSA) is 12.5 Å². The average Bonchev–Trinajstić information content (AvgIpc) is 2.31. The molecule has 1 saturated heterocycles. The van der Waals surface area contributed by atoms with Crippen LogP contribution in [0.1, 0.15) is 30.5 Å². The lowest BCUT2D eigenvalue weighted by Crippen LogP contribution is -2.36. The molecule has 0 saturated carbocycles. The SMILES string of the molecule is CCCc1ccc(C2COCCN2C)cc1. The molecular weight excluding hydrogens is 198 g/mol. The minimum atomic E-state index is 0.435. The third-order valence-corrected chi connectivity index (χ3v) is 3.30. The maximum atomic E-state index is 5.54. The lowest BCUT2D eigenvalue weighted by molar-refractivity contribution is 0.00505. The van der Waals surface area contributed by atoms with Gasteiger partial charge in [-0.2, -0.15) is 0 Å². The van der Waals surface area contributed by atoms with E-state index in [0.29, 0.717) is 6.04 Å². The van der Waals surface area contributed by atoms with Gasteiger partial charge in [-0.05, 0) is 24.6 Å². The number of aryl methyl sites for hydroxylation is 1. The molecule has 0 radical (unpaired) electrons. The molecule has 0 bridgehead atoms. The van der Waals surface area contributed by atoms with Gasteiger partial charge in [-0.3, -0.25) is 4.90 Å². The van der Waals surface area contributed by atoms with Crippen LogP contribution in [0.15, 0.2) is 24.3 Å². The number of nitrogens with zero attached hydrogens (tertiary/aromatic N) is 1. The maximum Gasteiger partial charge on any atom is 0.0664 e. The first kappa shape index (κ1) is 11.6. The molecule has 1 aliphatic rings. The Bertz CT molecular complexity index is 320. The van der Waals surface area contributed by atoms with Crippen molar-refractivity contribution in [2.24, 2.45) is 0 Å². The van der Waals surface area contributed by atoms with Gasteiger partial charge in [-0.1, -0.05) is 37.6 Å². The standard InChI is InChI=1S/C14H21NO/c1-3-4-12-5-7-13(8-6-12)14-11-16-10-9-15(14)2/h5-8,14H,3-4,9-11H2,1-2H3. The summed E-state index contributed by atoms with van der Waals surface area (Å²) in [7, 11) is 2.17. The van der Waals surface area contributed by atoms with Gasteiger partial charge < -0.3 is 4.74 Å². The summed E-state index contributed by atoms with van der Waals surface area (Å²) in [6.45, 7) is 4.93. The van der Waals surface area contributed by atoms with Gasteiger partial charge in [0.05, 0.1) is 19.3 Å². The Balaban J connectivity index is 2.08. The summed E-state index contributed by atoms with van der Waals surface area (Å²) in [5.41, 5.74) is 2.81. The molecule has 0 amide bonds. The van der Waals surface area contributed by atoms with E-state index in [-0.39, 0.29) is 0 Å². The van der Waals surface area contributed by atoms with E-state index < -0.39 is 0 Å². The minimum Gasteiger partial charge on any atom is -0.378 e. The highest BCUT2D eigenvalue weighted by atomic mass is 16.5. The molecule has 0 aromatic heterocycles. The maximum absolute atomic E-state index is 5.54. The number of morpholine rings is 1. The molecule has 88 valence electrons.